The summed E-state index contributed by atoms with van der Waals surface area (Å²) in [4.78, 5) is 17.0. The molecule has 0 spiro atoms. The fourth-order valence-corrected chi connectivity index (χ4v) is 1.75. The van der Waals surface area contributed by atoms with Gasteiger partial charge in [-0.15, -0.1) is 0 Å². The predicted molar refractivity (Wildman–Crippen MR) is 54.0 cm³/mol. The summed E-state index contributed by atoms with van der Waals surface area (Å²) >= 11 is 0. The van der Waals surface area contributed by atoms with Crippen molar-refractivity contribution < 1.29 is 9.66 Å². The molecule has 0 aromatic carbocycles. The molecule has 0 saturated carbocycles. The van der Waals surface area contributed by atoms with Gasteiger partial charge >= 0.3 is 11.6 Å². The average Bonchev–Trinajstić information content (AvgIpc) is 2.73. The largest absolute Gasteiger partial charge is 0.366 e. The van der Waals surface area contributed by atoms with E-state index in [0.29, 0.717) is 13.0 Å². The summed E-state index contributed by atoms with van der Waals surface area (Å²) in [5.41, 5.74) is 0. The highest BCUT2D eigenvalue weighted by molar-refractivity contribution is 5.52. The zero-order chi connectivity index (χ0) is 11.5. The van der Waals surface area contributed by atoms with Crippen LogP contribution in [0.2, 0.25) is 0 Å². The molecule has 1 aliphatic heterocycles. The van der Waals surface area contributed by atoms with E-state index in [1.165, 1.54) is 10.9 Å². The number of imidazole rings is 1. The van der Waals surface area contributed by atoms with Crippen LogP contribution in [0.3, 0.4) is 0 Å². The van der Waals surface area contributed by atoms with Crippen LogP contribution in [0.5, 0.6) is 0 Å². The smallest absolute Gasteiger partial charge is 0.359 e. The second-order valence-corrected chi connectivity index (χ2v) is 3.49. The van der Waals surface area contributed by atoms with Crippen molar-refractivity contribution in [3.63, 3.8) is 0 Å². The fraction of sp³-hybridized carbons (Fsp3) is 0.556. The molecule has 1 aromatic heterocycles. The molecule has 0 radical (unpaired) electrons. The molecule has 1 aromatic rings. The molecule has 0 aliphatic carbocycles. The summed E-state index contributed by atoms with van der Waals surface area (Å²) in [5, 5.41) is 10.9. The minimum Gasteiger partial charge on any atom is -0.359 e. The molecule has 2 rings (SSSR count). The van der Waals surface area contributed by atoms with E-state index in [2.05, 4.69) is 9.83 Å². The summed E-state index contributed by atoms with van der Waals surface area (Å²) in [7, 11) is 0. The lowest BCUT2D eigenvalue weighted by atomic mass is 10.2. The maximum atomic E-state index is 10.9. The lowest BCUT2D eigenvalue weighted by Crippen LogP contribution is -2.18. The highest BCUT2D eigenvalue weighted by Crippen LogP contribution is 2.32. The molecule has 1 aliphatic rings. The van der Waals surface area contributed by atoms with Crippen LogP contribution in [-0.4, -0.2) is 21.1 Å². The molecule has 1 atom stereocenters. The second-order valence-electron chi connectivity index (χ2n) is 3.49. The van der Waals surface area contributed by atoms with Crippen LogP contribution in [0.1, 0.15) is 25.5 Å². The van der Waals surface area contributed by atoms with Crippen LogP contribution in [0.15, 0.2) is 6.33 Å². The van der Waals surface area contributed by atoms with Gasteiger partial charge < -0.3 is 19.7 Å². The van der Waals surface area contributed by atoms with E-state index in [9.17, 15) is 10.1 Å². The molecular weight excluding hydrogens is 212 g/mol. The Morgan fingerprint density at radius 3 is 3.06 bits per heavy atom. The molecule has 0 amide bonds. The van der Waals surface area contributed by atoms with Crippen LogP contribution in [0.25, 0.3) is 4.85 Å². The van der Waals surface area contributed by atoms with Crippen LogP contribution >= 0.6 is 0 Å². The van der Waals surface area contributed by atoms with Gasteiger partial charge in [-0.2, -0.15) is 4.57 Å². The Hall–Kier alpha value is -1.94. The Kier molecular flexibility index (Phi) is 2.83. The number of aromatic nitrogens is 2. The number of hydrogen-bond donors (Lipinski definition) is 0. The van der Waals surface area contributed by atoms with Crippen LogP contribution in [0.4, 0.5) is 11.6 Å². The predicted octanol–water partition coefficient (Wildman–Crippen LogP) is 2.04. The van der Waals surface area contributed by atoms with Crippen molar-refractivity contribution in [2.75, 3.05) is 6.61 Å². The van der Waals surface area contributed by atoms with Crippen molar-refractivity contribution in [2.45, 2.75) is 25.5 Å². The molecule has 2 heterocycles. The minimum absolute atomic E-state index is 0.181. The monoisotopic (exact) mass is 222 g/mol. The molecule has 16 heavy (non-hydrogen) atoms. The number of nitro groups is 1. The standard InChI is InChI=1S/C9H10N4O3/c1-10-8-9(13(14)15)12(6-11-8)7-4-2-3-5-16-7/h6-7H,2-5H2. The van der Waals surface area contributed by atoms with Gasteiger partial charge in [-0.25, -0.2) is 0 Å². The third kappa shape index (κ3) is 1.75. The first kappa shape index (κ1) is 10.6. The fourth-order valence-electron chi connectivity index (χ4n) is 1.75. The summed E-state index contributed by atoms with van der Waals surface area (Å²) in [6, 6.07) is 0. The van der Waals surface area contributed by atoms with E-state index < -0.39 is 4.92 Å². The van der Waals surface area contributed by atoms with Gasteiger partial charge in [-0.1, -0.05) is 11.6 Å². The lowest BCUT2D eigenvalue weighted by molar-refractivity contribution is -0.393. The van der Waals surface area contributed by atoms with Gasteiger partial charge in [-0.3, -0.25) is 0 Å². The van der Waals surface area contributed by atoms with Crippen molar-refractivity contribution in [3.8, 4) is 0 Å². The van der Waals surface area contributed by atoms with E-state index in [0.717, 1.165) is 12.8 Å². The number of ether oxygens (including phenoxy) is 1. The van der Waals surface area contributed by atoms with Crippen LogP contribution in [-0.2, 0) is 4.74 Å². The van der Waals surface area contributed by atoms with Gasteiger partial charge in [0.15, 0.2) is 0 Å². The number of nitrogens with zero attached hydrogens (tertiary/aromatic N) is 4. The highest BCUT2D eigenvalue weighted by atomic mass is 16.6. The maximum absolute atomic E-state index is 10.9. The number of hydrogen-bond acceptors (Lipinski definition) is 4. The Morgan fingerprint density at radius 2 is 2.50 bits per heavy atom. The quantitative estimate of drug-likeness (QED) is 0.436. The Labute approximate surface area is 91.6 Å². The summed E-state index contributed by atoms with van der Waals surface area (Å²) in [6.45, 7) is 7.40. The maximum Gasteiger partial charge on any atom is 0.366 e. The van der Waals surface area contributed by atoms with Gasteiger partial charge in [0.2, 0.25) is 6.23 Å². The third-order valence-corrected chi connectivity index (χ3v) is 2.49. The van der Waals surface area contributed by atoms with Gasteiger partial charge in [0.05, 0.1) is 6.61 Å². The van der Waals surface area contributed by atoms with E-state index in [1.807, 2.05) is 0 Å². The summed E-state index contributed by atoms with van der Waals surface area (Å²) in [5.74, 6) is -0.457. The second kappa shape index (κ2) is 4.28. The van der Waals surface area contributed by atoms with Crippen LogP contribution in [0, 0.1) is 16.7 Å². The molecule has 7 heteroatoms. The van der Waals surface area contributed by atoms with Gasteiger partial charge in [0, 0.05) is 6.42 Å². The van der Waals surface area contributed by atoms with E-state index in [1.54, 1.807) is 0 Å². The van der Waals surface area contributed by atoms with Crippen molar-refractivity contribution in [1.29, 1.82) is 0 Å². The Balaban J connectivity index is 2.36. The van der Waals surface area contributed by atoms with E-state index in [-0.39, 0.29) is 17.9 Å². The SMILES string of the molecule is [C-]#[N+]c1ncn(C2CCCCO2)c1[N+](=O)[O-]. The summed E-state index contributed by atoms with van der Waals surface area (Å²) < 4.78 is 6.77. The molecule has 1 fully saturated rings. The average molecular weight is 222 g/mol. The molecule has 1 unspecified atom stereocenters. The summed E-state index contributed by atoms with van der Waals surface area (Å²) in [6.07, 6.45) is 3.59. The first-order valence-electron chi connectivity index (χ1n) is 4.94. The van der Waals surface area contributed by atoms with Crippen LogP contribution < -0.4 is 0 Å². The zero-order valence-electron chi connectivity index (χ0n) is 8.50. The molecule has 7 nitrogen and oxygen atoms in total. The lowest BCUT2D eigenvalue weighted by Gasteiger charge is -2.19. The van der Waals surface area contributed by atoms with Crippen molar-refractivity contribution in [2.24, 2.45) is 0 Å². The zero-order valence-corrected chi connectivity index (χ0v) is 8.50. The van der Waals surface area contributed by atoms with E-state index in [4.69, 9.17) is 11.3 Å². The Morgan fingerprint density at radius 1 is 1.69 bits per heavy atom. The topological polar surface area (TPSA) is 74.5 Å². The third-order valence-electron chi connectivity index (χ3n) is 2.49. The Bertz CT molecular complexity index is 442. The molecule has 0 bridgehead atoms. The van der Waals surface area contributed by atoms with Gasteiger partial charge in [0.25, 0.3) is 6.33 Å². The molecule has 84 valence electrons. The molecule has 1 saturated heterocycles. The van der Waals surface area contributed by atoms with Gasteiger partial charge in [0.1, 0.15) is 0 Å². The number of rotatable bonds is 2. The van der Waals surface area contributed by atoms with Crippen molar-refractivity contribution >= 4 is 11.6 Å². The minimum atomic E-state index is -0.585. The van der Waals surface area contributed by atoms with Gasteiger partial charge in [-0.05, 0) is 17.8 Å². The molecule has 0 N–H and O–H groups in total. The highest BCUT2D eigenvalue weighted by Gasteiger charge is 2.30. The normalized spacial score (nSPS) is 20.3. The van der Waals surface area contributed by atoms with Crippen molar-refractivity contribution in [1.82, 2.24) is 9.55 Å². The first-order chi connectivity index (χ1) is 7.74. The van der Waals surface area contributed by atoms with Crippen molar-refractivity contribution in [3.05, 3.63) is 27.9 Å². The van der Waals surface area contributed by atoms with E-state index >= 15 is 0 Å². The molecular formula is C9H10N4O3. The first-order valence-corrected chi connectivity index (χ1v) is 4.94.